The zero-order valence-electron chi connectivity index (χ0n) is 10.4. The van der Waals surface area contributed by atoms with Crippen molar-refractivity contribution in [2.75, 3.05) is 6.54 Å². The van der Waals surface area contributed by atoms with E-state index in [0.29, 0.717) is 16.6 Å². The van der Waals surface area contributed by atoms with Crippen molar-refractivity contribution in [2.45, 2.75) is 20.3 Å². The summed E-state index contributed by atoms with van der Waals surface area (Å²) in [6.07, 6.45) is 0.756. The summed E-state index contributed by atoms with van der Waals surface area (Å²) in [7, 11) is 0. The minimum Gasteiger partial charge on any atom is -0.330 e. The van der Waals surface area contributed by atoms with Crippen LogP contribution in [0.2, 0.25) is 10.0 Å². The third-order valence-electron chi connectivity index (χ3n) is 2.89. The zero-order valence-corrected chi connectivity index (χ0v) is 11.9. The van der Waals surface area contributed by atoms with Crippen LogP contribution in [0.4, 0.5) is 0 Å². The molecule has 0 aliphatic heterocycles. The van der Waals surface area contributed by atoms with Gasteiger partial charge in [0.2, 0.25) is 0 Å². The van der Waals surface area contributed by atoms with E-state index in [1.54, 1.807) is 0 Å². The zero-order chi connectivity index (χ0) is 13.3. The Hall–Kier alpha value is -1.03. The number of benzene rings is 1. The summed E-state index contributed by atoms with van der Waals surface area (Å²) in [4.78, 5) is 0. The maximum absolute atomic E-state index is 6.17. The van der Waals surface area contributed by atoms with Gasteiger partial charge in [0, 0.05) is 5.02 Å². The normalized spacial score (nSPS) is 10.9. The molecule has 0 saturated carbocycles. The van der Waals surface area contributed by atoms with Gasteiger partial charge in [-0.15, -0.1) is 0 Å². The van der Waals surface area contributed by atoms with Crippen LogP contribution < -0.4 is 5.73 Å². The van der Waals surface area contributed by atoms with Crippen LogP contribution in [-0.2, 0) is 6.42 Å². The number of halogens is 2. The van der Waals surface area contributed by atoms with Crippen LogP contribution in [0.5, 0.6) is 0 Å². The van der Waals surface area contributed by atoms with Crippen molar-refractivity contribution >= 4 is 23.2 Å². The average molecular weight is 284 g/mol. The molecule has 0 amide bonds. The lowest BCUT2D eigenvalue weighted by atomic mass is 10.1. The lowest BCUT2D eigenvalue weighted by molar-refractivity contribution is 0.813. The fraction of sp³-hybridized carbons (Fsp3) is 0.308. The second kappa shape index (κ2) is 5.31. The largest absolute Gasteiger partial charge is 0.330 e. The van der Waals surface area contributed by atoms with Gasteiger partial charge in [-0.3, -0.25) is 0 Å². The van der Waals surface area contributed by atoms with Gasteiger partial charge in [-0.2, -0.15) is 5.10 Å². The smallest absolute Gasteiger partial charge is 0.0848 e. The van der Waals surface area contributed by atoms with E-state index in [2.05, 4.69) is 5.10 Å². The number of hydrogen-bond donors (Lipinski definition) is 1. The highest BCUT2D eigenvalue weighted by atomic mass is 35.5. The van der Waals surface area contributed by atoms with Crippen LogP contribution in [0.15, 0.2) is 18.2 Å². The first-order valence-corrected chi connectivity index (χ1v) is 6.50. The Morgan fingerprint density at radius 1 is 1.28 bits per heavy atom. The summed E-state index contributed by atoms with van der Waals surface area (Å²) in [5.41, 5.74) is 9.44. The van der Waals surface area contributed by atoms with Crippen LogP contribution in [0.3, 0.4) is 0 Å². The van der Waals surface area contributed by atoms with E-state index in [9.17, 15) is 0 Å². The first kappa shape index (κ1) is 13.4. The standard InChI is InChI=1S/C13H15Cl2N3/c1-8-13(15)9(2)18(17-8)12-4-3-11(14)7-10(12)5-6-16/h3-4,7H,5-6,16H2,1-2H3. The minimum absolute atomic E-state index is 0.570. The number of hydrogen-bond acceptors (Lipinski definition) is 2. The van der Waals surface area contributed by atoms with Gasteiger partial charge >= 0.3 is 0 Å². The molecule has 2 aromatic rings. The molecule has 3 nitrogen and oxygen atoms in total. The molecule has 0 aliphatic rings. The lowest BCUT2D eigenvalue weighted by Gasteiger charge is -2.11. The van der Waals surface area contributed by atoms with Gasteiger partial charge in [0.15, 0.2) is 0 Å². The molecular weight excluding hydrogens is 269 g/mol. The highest BCUT2D eigenvalue weighted by Crippen LogP contribution is 2.26. The third kappa shape index (κ3) is 2.39. The van der Waals surface area contributed by atoms with E-state index in [-0.39, 0.29) is 0 Å². The summed E-state index contributed by atoms with van der Waals surface area (Å²) in [5.74, 6) is 0. The van der Waals surface area contributed by atoms with Gasteiger partial charge in [0.25, 0.3) is 0 Å². The highest BCUT2D eigenvalue weighted by Gasteiger charge is 2.13. The minimum atomic E-state index is 0.570. The molecule has 2 rings (SSSR count). The monoisotopic (exact) mass is 283 g/mol. The Morgan fingerprint density at radius 3 is 2.56 bits per heavy atom. The second-order valence-corrected chi connectivity index (χ2v) is 5.02. The number of nitrogens with two attached hydrogens (primary N) is 1. The number of aromatic nitrogens is 2. The van der Waals surface area contributed by atoms with Crippen LogP contribution in [0.25, 0.3) is 5.69 Å². The second-order valence-electron chi connectivity index (χ2n) is 4.21. The van der Waals surface area contributed by atoms with Gasteiger partial charge < -0.3 is 5.73 Å². The number of rotatable bonds is 3. The predicted molar refractivity (Wildman–Crippen MR) is 75.8 cm³/mol. The third-order valence-corrected chi connectivity index (χ3v) is 3.67. The van der Waals surface area contributed by atoms with Crippen LogP contribution in [-0.4, -0.2) is 16.3 Å². The van der Waals surface area contributed by atoms with Gasteiger partial charge in [0.05, 0.1) is 22.1 Å². The SMILES string of the molecule is Cc1nn(-c2ccc(Cl)cc2CCN)c(C)c1Cl. The summed E-state index contributed by atoms with van der Waals surface area (Å²) in [6.45, 7) is 4.41. The Bertz CT molecular complexity index is 576. The molecule has 0 atom stereocenters. The molecule has 0 fully saturated rings. The number of nitrogens with zero attached hydrogens (tertiary/aromatic N) is 2. The van der Waals surface area contributed by atoms with Crippen molar-refractivity contribution < 1.29 is 0 Å². The molecule has 18 heavy (non-hydrogen) atoms. The predicted octanol–water partition coefficient (Wildman–Crippen LogP) is 3.30. The van der Waals surface area contributed by atoms with E-state index < -0.39 is 0 Å². The fourth-order valence-electron chi connectivity index (χ4n) is 1.97. The van der Waals surface area contributed by atoms with Crippen LogP contribution >= 0.6 is 23.2 Å². The lowest BCUT2D eigenvalue weighted by Crippen LogP contribution is -2.08. The van der Waals surface area contributed by atoms with Crippen molar-refractivity contribution in [3.05, 3.63) is 45.2 Å². The highest BCUT2D eigenvalue weighted by molar-refractivity contribution is 6.32. The summed E-state index contributed by atoms with van der Waals surface area (Å²) >= 11 is 12.2. The first-order valence-electron chi connectivity index (χ1n) is 5.75. The van der Waals surface area contributed by atoms with Crippen molar-refractivity contribution in [1.29, 1.82) is 0 Å². The van der Waals surface area contributed by atoms with Gasteiger partial charge in [-0.05, 0) is 50.6 Å². The molecule has 0 spiro atoms. The molecule has 0 radical (unpaired) electrons. The summed E-state index contributed by atoms with van der Waals surface area (Å²) in [5, 5.41) is 5.85. The average Bonchev–Trinajstić information content (AvgIpc) is 2.58. The summed E-state index contributed by atoms with van der Waals surface area (Å²) in [6, 6.07) is 5.72. The molecular formula is C13H15Cl2N3. The molecule has 96 valence electrons. The van der Waals surface area contributed by atoms with Gasteiger partial charge in [-0.25, -0.2) is 4.68 Å². The van der Waals surface area contributed by atoms with E-state index in [4.69, 9.17) is 28.9 Å². The van der Waals surface area contributed by atoms with Crippen LogP contribution in [0.1, 0.15) is 17.0 Å². The molecule has 1 heterocycles. The number of aryl methyl sites for hydroxylation is 1. The maximum atomic E-state index is 6.17. The quantitative estimate of drug-likeness (QED) is 0.939. The Morgan fingerprint density at radius 2 is 2.00 bits per heavy atom. The van der Waals surface area contributed by atoms with Gasteiger partial charge in [-0.1, -0.05) is 23.2 Å². The molecule has 0 bridgehead atoms. The molecule has 0 saturated heterocycles. The van der Waals surface area contributed by atoms with Crippen molar-refractivity contribution in [3.8, 4) is 5.69 Å². The van der Waals surface area contributed by atoms with Crippen molar-refractivity contribution in [1.82, 2.24) is 9.78 Å². The Labute approximate surface area is 117 Å². The molecule has 5 heteroatoms. The summed E-state index contributed by atoms with van der Waals surface area (Å²) < 4.78 is 1.85. The first-order chi connectivity index (χ1) is 8.54. The molecule has 1 aromatic heterocycles. The Balaban J connectivity index is 2.59. The fourth-order valence-corrected chi connectivity index (χ4v) is 2.29. The van der Waals surface area contributed by atoms with E-state index in [1.807, 2.05) is 36.7 Å². The van der Waals surface area contributed by atoms with E-state index in [0.717, 1.165) is 29.1 Å². The molecule has 1 aromatic carbocycles. The van der Waals surface area contributed by atoms with Crippen LogP contribution in [0, 0.1) is 13.8 Å². The van der Waals surface area contributed by atoms with Gasteiger partial charge in [0.1, 0.15) is 0 Å². The van der Waals surface area contributed by atoms with Crippen molar-refractivity contribution in [3.63, 3.8) is 0 Å². The van der Waals surface area contributed by atoms with E-state index in [1.165, 1.54) is 0 Å². The Kier molecular flexibility index (Phi) is 3.95. The topological polar surface area (TPSA) is 43.8 Å². The molecule has 0 aliphatic carbocycles. The maximum Gasteiger partial charge on any atom is 0.0848 e. The van der Waals surface area contributed by atoms with E-state index >= 15 is 0 Å². The molecule has 2 N–H and O–H groups in total. The van der Waals surface area contributed by atoms with Crippen molar-refractivity contribution in [2.24, 2.45) is 5.73 Å². The molecule has 0 unspecified atom stereocenters.